The highest BCUT2D eigenvalue weighted by Gasteiger charge is 2.26. The molecule has 1 saturated heterocycles. The van der Waals surface area contributed by atoms with Crippen molar-refractivity contribution in [2.24, 2.45) is 0 Å². The molecule has 1 atom stereocenters. The van der Waals surface area contributed by atoms with Crippen LogP contribution < -0.4 is 15.0 Å². The van der Waals surface area contributed by atoms with Gasteiger partial charge in [0, 0.05) is 53.0 Å². The number of fused-ring (bicyclic) bond motifs is 1. The van der Waals surface area contributed by atoms with Gasteiger partial charge in [-0.15, -0.1) is 0 Å². The molecule has 1 aromatic heterocycles. The van der Waals surface area contributed by atoms with Crippen LogP contribution in [-0.4, -0.2) is 48.2 Å². The smallest absolute Gasteiger partial charge is 0.387 e. The monoisotopic (exact) mass is 607 g/mol. The lowest BCUT2D eigenvalue weighted by Crippen LogP contribution is -2.33. The summed E-state index contributed by atoms with van der Waals surface area (Å²) in [4.78, 5) is 32.0. The van der Waals surface area contributed by atoms with Crippen LogP contribution in [0, 0.1) is 12.7 Å². The third-order valence-corrected chi connectivity index (χ3v) is 7.39. The zero-order valence-corrected chi connectivity index (χ0v) is 22.9. The normalized spacial score (nSPS) is 14.5. The minimum absolute atomic E-state index is 0.100. The lowest BCUT2D eigenvalue weighted by Gasteiger charge is -2.30. The van der Waals surface area contributed by atoms with Gasteiger partial charge in [0.25, 0.3) is 5.91 Å². The van der Waals surface area contributed by atoms with E-state index < -0.39 is 36.0 Å². The van der Waals surface area contributed by atoms with Gasteiger partial charge in [-0.3, -0.25) is 9.59 Å². The van der Waals surface area contributed by atoms with E-state index in [1.807, 2.05) is 19.1 Å². The molecule has 2 N–H and O–H groups in total. The summed E-state index contributed by atoms with van der Waals surface area (Å²) < 4.78 is 46.3. The molecule has 0 radical (unpaired) electrons. The number of rotatable bonds is 10. The quantitative estimate of drug-likeness (QED) is 0.276. The Morgan fingerprint density at radius 3 is 2.62 bits per heavy atom. The van der Waals surface area contributed by atoms with Crippen LogP contribution in [0.25, 0.3) is 10.9 Å². The van der Waals surface area contributed by atoms with Crippen molar-refractivity contribution in [2.75, 3.05) is 24.5 Å². The van der Waals surface area contributed by atoms with Crippen molar-refractivity contribution in [1.29, 1.82) is 0 Å². The number of anilines is 1. The van der Waals surface area contributed by atoms with Crippen LogP contribution in [0.4, 0.5) is 19.0 Å². The van der Waals surface area contributed by atoms with Gasteiger partial charge in [-0.05, 0) is 62.9 Å². The van der Waals surface area contributed by atoms with Crippen molar-refractivity contribution in [3.63, 3.8) is 0 Å². The second-order valence-corrected chi connectivity index (χ2v) is 10.4. The van der Waals surface area contributed by atoms with Gasteiger partial charge in [-0.2, -0.15) is 8.78 Å². The number of nitrogens with one attached hydrogen (secondary N) is 1. The first-order valence-corrected chi connectivity index (χ1v) is 13.5. The lowest BCUT2D eigenvalue weighted by atomic mass is 9.92. The molecule has 0 bridgehead atoms. The summed E-state index contributed by atoms with van der Waals surface area (Å²) in [5.74, 6) is -3.01. The predicted molar refractivity (Wildman–Crippen MR) is 145 cm³/mol. The summed E-state index contributed by atoms with van der Waals surface area (Å²) >= 11 is 3.46. The van der Waals surface area contributed by atoms with E-state index in [9.17, 15) is 27.9 Å². The van der Waals surface area contributed by atoms with Crippen LogP contribution in [0.3, 0.4) is 0 Å². The number of benzene rings is 2. The van der Waals surface area contributed by atoms with Gasteiger partial charge < -0.3 is 20.1 Å². The summed E-state index contributed by atoms with van der Waals surface area (Å²) in [6.45, 7) is 0.100. The number of ether oxygens (including phenoxy) is 1. The van der Waals surface area contributed by atoms with Crippen molar-refractivity contribution in [3.8, 4) is 5.75 Å². The third-order valence-electron chi connectivity index (χ3n) is 6.90. The highest BCUT2D eigenvalue weighted by Crippen LogP contribution is 2.35. The molecule has 0 spiro atoms. The number of carbonyl (C=O) groups is 2. The molecule has 7 nitrogen and oxygen atoms in total. The molecular weight excluding hydrogens is 579 g/mol. The summed E-state index contributed by atoms with van der Waals surface area (Å²) in [6.07, 6.45) is 2.73. The highest BCUT2D eigenvalue weighted by molar-refractivity contribution is 9.10. The number of aliphatic carboxylic acids is 1. The second-order valence-electron chi connectivity index (χ2n) is 9.51. The van der Waals surface area contributed by atoms with Gasteiger partial charge in [0.2, 0.25) is 0 Å². The molecule has 1 fully saturated rings. The SMILES string of the molecule is Cc1c(N2CCCCC2)nc2ccc(Br)cc2c1C(=O)NC[C@@H](CCC(=O)O)c1c(F)cccc1OC(F)F. The molecule has 2 heterocycles. The summed E-state index contributed by atoms with van der Waals surface area (Å²) in [5.41, 5.74) is 1.53. The molecule has 1 aliphatic heterocycles. The third kappa shape index (κ3) is 6.81. The fourth-order valence-corrected chi connectivity index (χ4v) is 5.45. The number of carboxylic acids is 1. The van der Waals surface area contributed by atoms with Gasteiger partial charge in [0.15, 0.2) is 0 Å². The molecule has 1 aliphatic rings. The summed E-state index contributed by atoms with van der Waals surface area (Å²) in [7, 11) is 0. The van der Waals surface area contributed by atoms with Gasteiger partial charge >= 0.3 is 12.6 Å². The van der Waals surface area contributed by atoms with Gasteiger partial charge in [-0.25, -0.2) is 9.37 Å². The number of carbonyl (C=O) groups excluding carboxylic acids is 1. The van der Waals surface area contributed by atoms with Crippen LogP contribution in [0.1, 0.15) is 59.5 Å². The molecule has 0 aliphatic carbocycles. The molecule has 0 unspecified atom stereocenters. The Morgan fingerprint density at radius 2 is 1.92 bits per heavy atom. The van der Waals surface area contributed by atoms with Gasteiger partial charge in [0.05, 0.1) is 11.1 Å². The number of halogens is 4. The first kappa shape index (κ1) is 28.7. The number of piperidine rings is 1. The Morgan fingerprint density at radius 1 is 1.18 bits per heavy atom. The van der Waals surface area contributed by atoms with Crippen molar-refractivity contribution in [3.05, 3.63) is 63.4 Å². The maximum atomic E-state index is 14.9. The number of hydrogen-bond donors (Lipinski definition) is 2. The molecule has 4 rings (SSSR count). The first-order valence-electron chi connectivity index (χ1n) is 12.7. The van der Waals surface area contributed by atoms with Crippen LogP contribution in [-0.2, 0) is 4.79 Å². The van der Waals surface area contributed by atoms with Gasteiger partial charge in [0.1, 0.15) is 17.4 Å². The van der Waals surface area contributed by atoms with Gasteiger partial charge in [-0.1, -0.05) is 22.0 Å². The number of alkyl halides is 2. The Kier molecular flexibility index (Phi) is 9.32. The minimum Gasteiger partial charge on any atom is -0.481 e. The van der Waals surface area contributed by atoms with E-state index in [0.717, 1.165) is 48.7 Å². The number of carboxylic acid groups (broad SMARTS) is 1. The minimum atomic E-state index is -3.20. The Labute approximate surface area is 232 Å². The van der Waals surface area contributed by atoms with Crippen LogP contribution in [0.5, 0.6) is 5.75 Å². The number of nitrogens with zero attached hydrogens (tertiary/aromatic N) is 2. The van der Waals surface area contributed by atoms with Crippen LogP contribution in [0.2, 0.25) is 0 Å². The fourth-order valence-electron chi connectivity index (χ4n) is 5.09. The maximum Gasteiger partial charge on any atom is 0.387 e. The van der Waals surface area contributed by atoms with E-state index in [2.05, 4.69) is 30.9 Å². The Balaban J connectivity index is 1.70. The van der Waals surface area contributed by atoms with E-state index in [1.54, 1.807) is 6.07 Å². The number of hydrogen-bond acceptors (Lipinski definition) is 5. The zero-order chi connectivity index (χ0) is 28.1. The zero-order valence-electron chi connectivity index (χ0n) is 21.4. The first-order chi connectivity index (χ1) is 18.7. The second kappa shape index (κ2) is 12.7. The van der Waals surface area contributed by atoms with Crippen molar-refractivity contribution in [1.82, 2.24) is 10.3 Å². The Bertz CT molecular complexity index is 1370. The van der Waals surface area contributed by atoms with E-state index >= 15 is 0 Å². The average Bonchev–Trinajstić information content (AvgIpc) is 2.89. The number of amides is 1. The highest BCUT2D eigenvalue weighted by atomic mass is 79.9. The topological polar surface area (TPSA) is 91.8 Å². The summed E-state index contributed by atoms with van der Waals surface area (Å²) in [6, 6.07) is 8.99. The maximum absolute atomic E-state index is 14.9. The summed E-state index contributed by atoms with van der Waals surface area (Å²) in [5, 5.41) is 12.7. The number of pyridine rings is 1. The molecular formula is C28H29BrF3N3O4. The molecule has 3 aromatic rings. The van der Waals surface area contributed by atoms with E-state index in [-0.39, 0.29) is 24.9 Å². The molecule has 11 heteroatoms. The van der Waals surface area contributed by atoms with Crippen LogP contribution in [0.15, 0.2) is 40.9 Å². The molecule has 1 amide bonds. The standard InChI is InChI=1S/C28H29BrF3N3O4/c1-16-24(19-14-18(29)9-10-21(19)34-26(16)35-12-3-2-4-13-35)27(38)33-15-17(8-11-23(36)37)25-20(30)6-5-7-22(25)39-28(31)32/h5-7,9-10,14,17,28H,2-4,8,11-13,15H2,1H3,(H,33,38)(H,36,37)/t17-/m1/s1. The van der Waals surface area contributed by atoms with E-state index in [1.165, 1.54) is 12.1 Å². The molecule has 39 heavy (non-hydrogen) atoms. The predicted octanol–water partition coefficient (Wildman–Crippen LogP) is 6.41. The molecule has 208 valence electrons. The lowest BCUT2D eigenvalue weighted by molar-refractivity contribution is -0.137. The number of aromatic nitrogens is 1. The van der Waals surface area contributed by atoms with Crippen molar-refractivity contribution in [2.45, 2.75) is 51.6 Å². The van der Waals surface area contributed by atoms with Crippen LogP contribution >= 0.6 is 15.9 Å². The molecule has 0 saturated carbocycles. The van der Waals surface area contributed by atoms with E-state index in [4.69, 9.17) is 4.98 Å². The van der Waals surface area contributed by atoms with Crippen molar-refractivity contribution < 1.29 is 32.6 Å². The molecule has 2 aromatic carbocycles. The largest absolute Gasteiger partial charge is 0.481 e. The van der Waals surface area contributed by atoms with E-state index in [0.29, 0.717) is 22.0 Å². The van der Waals surface area contributed by atoms with Crippen molar-refractivity contribution >= 4 is 44.5 Å². The fraction of sp³-hybridized carbons (Fsp3) is 0.393. The Hall–Kier alpha value is -3.34. The average molecular weight is 608 g/mol.